The first-order chi connectivity index (χ1) is 8.10. The van der Waals surface area contributed by atoms with Crippen LogP contribution in [0.2, 0.25) is 0 Å². The van der Waals surface area contributed by atoms with Gasteiger partial charge in [0.2, 0.25) is 0 Å². The first-order valence-corrected chi connectivity index (χ1v) is 5.75. The molecule has 0 radical (unpaired) electrons. The van der Waals surface area contributed by atoms with Crippen LogP contribution in [0.3, 0.4) is 0 Å². The molecule has 0 aliphatic rings. The second-order valence-corrected chi connectivity index (χ2v) is 4.08. The number of anilines is 1. The van der Waals surface area contributed by atoms with Crippen molar-refractivity contribution in [1.82, 2.24) is 0 Å². The van der Waals surface area contributed by atoms with Gasteiger partial charge in [0, 0.05) is 19.2 Å². The molecule has 0 amide bonds. The Labute approximate surface area is 100 Å². The van der Waals surface area contributed by atoms with Gasteiger partial charge in [-0.3, -0.25) is 4.79 Å². The molecule has 1 aromatic rings. The van der Waals surface area contributed by atoms with Crippen LogP contribution in [0.5, 0.6) is 0 Å². The second-order valence-electron chi connectivity index (χ2n) is 4.08. The quantitative estimate of drug-likeness (QED) is 0.562. The van der Waals surface area contributed by atoms with Gasteiger partial charge in [0.15, 0.2) is 0 Å². The lowest BCUT2D eigenvalue weighted by atomic mass is 10.1. The number of hydrogen-bond donors (Lipinski definition) is 0. The van der Waals surface area contributed by atoms with Crippen LogP contribution in [0.4, 0.5) is 14.5 Å². The van der Waals surface area contributed by atoms with Crippen molar-refractivity contribution < 1.29 is 13.6 Å². The molecule has 2 nitrogen and oxygen atoms in total. The molecule has 0 unspecified atom stereocenters. The van der Waals surface area contributed by atoms with E-state index in [0.29, 0.717) is 12.8 Å². The average Bonchev–Trinajstić information content (AvgIpc) is 2.28. The first-order valence-electron chi connectivity index (χ1n) is 5.75. The molecule has 1 rings (SSSR count). The molecule has 0 saturated carbocycles. The molecule has 0 spiro atoms. The number of unbranched alkanes of at least 4 members (excludes halogenated alkanes) is 2. The van der Waals surface area contributed by atoms with Crippen molar-refractivity contribution in [3.8, 4) is 0 Å². The van der Waals surface area contributed by atoms with Crippen LogP contribution in [0.15, 0.2) is 12.1 Å². The third kappa shape index (κ3) is 3.51. The van der Waals surface area contributed by atoms with Crippen molar-refractivity contribution in [1.29, 1.82) is 0 Å². The van der Waals surface area contributed by atoms with E-state index in [4.69, 9.17) is 0 Å². The minimum Gasteiger partial charge on any atom is -0.370 e. The summed E-state index contributed by atoms with van der Waals surface area (Å²) >= 11 is 0. The van der Waals surface area contributed by atoms with E-state index < -0.39 is 11.6 Å². The van der Waals surface area contributed by atoms with Gasteiger partial charge in [-0.2, -0.15) is 0 Å². The lowest BCUT2D eigenvalue weighted by molar-refractivity contribution is 0.112. The fourth-order valence-electron chi connectivity index (χ4n) is 1.73. The molecular formula is C13H17F2NO. The minimum atomic E-state index is -0.689. The fraction of sp³-hybridized carbons (Fsp3) is 0.462. The number of hydrogen-bond acceptors (Lipinski definition) is 2. The standard InChI is InChI=1S/C13H17F2NO/c1-3-4-5-6-16(2)13-11(14)7-10(9-17)8-12(13)15/h7-9H,3-6H2,1-2H3. The molecule has 0 aliphatic heterocycles. The molecule has 0 saturated heterocycles. The number of benzene rings is 1. The normalized spacial score (nSPS) is 10.4. The molecule has 94 valence electrons. The number of nitrogens with zero attached hydrogens (tertiary/aromatic N) is 1. The number of halogens is 2. The lowest BCUT2D eigenvalue weighted by Gasteiger charge is -2.20. The topological polar surface area (TPSA) is 20.3 Å². The molecule has 17 heavy (non-hydrogen) atoms. The van der Waals surface area contributed by atoms with Crippen molar-refractivity contribution in [2.75, 3.05) is 18.5 Å². The van der Waals surface area contributed by atoms with Crippen LogP contribution < -0.4 is 4.90 Å². The van der Waals surface area contributed by atoms with Crippen LogP contribution in [0.25, 0.3) is 0 Å². The molecule has 0 heterocycles. The highest BCUT2D eigenvalue weighted by Crippen LogP contribution is 2.23. The van der Waals surface area contributed by atoms with E-state index in [-0.39, 0.29) is 11.3 Å². The highest BCUT2D eigenvalue weighted by Gasteiger charge is 2.14. The Morgan fingerprint density at radius 2 is 1.82 bits per heavy atom. The van der Waals surface area contributed by atoms with Gasteiger partial charge >= 0.3 is 0 Å². The van der Waals surface area contributed by atoms with Gasteiger partial charge in [-0.15, -0.1) is 0 Å². The van der Waals surface area contributed by atoms with Gasteiger partial charge in [-0.25, -0.2) is 8.78 Å². The summed E-state index contributed by atoms with van der Waals surface area (Å²) in [6.45, 7) is 2.67. The Hall–Kier alpha value is -1.45. The van der Waals surface area contributed by atoms with Crippen LogP contribution in [0.1, 0.15) is 36.5 Å². The predicted molar refractivity (Wildman–Crippen MR) is 64.5 cm³/mol. The van der Waals surface area contributed by atoms with Crippen molar-refractivity contribution in [3.05, 3.63) is 29.3 Å². The van der Waals surface area contributed by atoms with Gasteiger partial charge in [-0.05, 0) is 18.6 Å². The lowest BCUT2D eigenvalue weighted by Crippen LogP contribution is -2.21. The van der Waals surface area contributed by atoms with Crippen molar-refractivity contribution >= 4 is 12.0 Å². The van der Waals surface area contributed by atoms with Gasteiger partial charge in [-0.1, -0.05) is 19.8 Å². The molecular weight excluding hydrogens is 224 g/mol. The zero-order valence-electron chi connectivity index (χ0n) is 10.2. The average molecular weight is 241 g/mol. The number of carbonyl (C=O) groups excluding carboxylic acids is 1. The number of rotatable bonds is 6. The van der Waals surface area contributed by atoms with E-state index >= 15 is 0 Å². The summed E-state index contributed by atoms with van der Waals surface area (Å²) < 4.78 is 27.2. The maximum absolute atomic E-state index is 13.6. The smallest absolute Gasteiger partial charge is 0.150 e. The third-order valence-corrected chi connectivity index (χ3v) is 2.65. The third-order valence-electron chi connectivity index (χ3n) is 2.65. The highest BCUT2D eigenvalue weighted by atomic mass is 19.1. The van der Waals surface area contributed by atoms with Gasteiger partial charge in [0.25, 0.3) is 0 Å². The maximum Gasteiger partial charge on any atom is 0.150 e. The van der Waals surface area contributed by atoms with Gasteiger partial charge in [0.05, 0.1) is 0 Å². The van der Waals surface area contributed by atoms with Crippen LogP contribution >= 0.6 is 0 Å². The zero-order valence-corrected chi connectivity index (χ0v) is 10.2. The Balaban J connectivity index is 2.85. The van der Waals surface area contributed by atoms with Crippen LogP contribution in [0, 0.1) is 11.6 Å². The highest BCUT2D eigenvalue weighted by molar-refractivity contribution is 5.76. The van der Waals surface area contributed by atoms with Gasteiger partial charge < -0.3 is 4.90 Å². The Bertz CT molecular complexity index is 370. The molecule has 4 heteroatoms. The van der Waals surface area contributed by atoms with Crippen molar-refractivity contribution in [2.45, 2.75) is 26.2 Å². The monoisotopic (exact) mass is 241 g/mol. The summed E-state index contributed by atoms with van der Waals surface area (Å²) in [5, 5.41) is 0. The second kappa shape index (κ2) is 6.33. The van der Waals surface area contributed by atoms with Crippen LogP contribution in [-0.4, -0.2) is 19.9 Å². The van der Waals surface area contributed by atoms with E-state index in [1.54, 1.807) is 11.9 Å². The summed E-state index contributed by atoms with van der Waals surface area (Å²) in [6, 6.07) is 2.11. The molecule has 1 aromatic carbocycles. The Morgan fingerprint density at radius 3 is 2.29 bits per heavy atom. The predicted octanol–water partition coefficient (Wildman–Crippen LogP) is 3.40. The molecule has 0 N–H and O–H groups in total. The summed E-state index contributed by atoms with van der Waals surface area (Å²) in [5.74, 6) is -1.38. The van der Waals surface area contributed by atoms with E-state index in [0.717, 1.165) is 31.4 Å². The van der Waals surface area contributed by atoms with Gasteiger partial charge in [0.1, 0.15) is 23.6 Å². The Kier molecular flexibility index (Phi) is 5.07. The number of carbonyl (C=O) groups is 1. The van der Waals surface area contributed by atoms with Crippen molar-refractivity contribution in [3.63, 3.8) is 0 Å². The van der Waals surface area contributed by atoms with E-state index in [1.807, 2.05) is 0 Å². The summed E-state index contributed by atoms with van der Waals surface area (Å²) in [5.41, 5.74) is -0.0441. The molecule has 0 atom stereocenters. The summed E-state index contributed by atoms with van der Waals surface area (Å²) in [7, 11) is 1.65. The first kappa shape index (κ1) is 13.6. The van der Waals surface area contributed by atoms with E-state index in [1.165, 1.54) is 0 Å². The fourth-order valence-corrected chi connectivity index (χ4v) is 1.73. The zero-order chi connectivity index (χ0) is 12.8. The Morgan fingerprint density at radius 1 is 1.24 bits per heavy atom. The largest absolute Gasteiger partial charge is 0.370 e. The molecule has 0 aromatic heterocycles. The van der Waals surface area contributed by atoms with E-state index in [2.05, 4.69) is 6.92 Å². The van der Waals surface area contributed by atoms with Crippen LogP contribution in [-0.2, 0) is 0 Å². The SMILES string of the molecule is CCCCCN(C)c1c(F)cc(C=O)cc1F. The summed E-state index contributed by atoms with van der Waals surface area (Å²) in [6.07, 6.45) is 3.41. The maximum atomic E-state index is 13.6. The molecule has 0 fully saturated rings. The number of aldehydes is 1. The molecule has 0 aliphatic carbocycles. The molecule has 0 bridgehead atoms. The van der Waals surface area contributed by atoms with Crippen molar-refractivity contribution in [2.24, 2.45) is 0 Å². The summed E-state index contributed by atoms with van der Waals surface area (Å²) in [4.78, 5) is 12.0. The van der Waals surface area contributed by atoms with E-state index in [9.17, 15) is 13.6 Å². The minimum absolute atomic E-state index is 0.0192.